The van der Waals surface area contributed by atoms with Crippen molar-refractivity contribution in [1.29, 1.82) is 0 Å². The smallest absolute Gasteiger partial charge is 0.195 e. The third kappa shape index (κ3) is 3.80. The van der Waals surface area contributed by atoms with E-state index in [2.05, 4.69) is 55.2 Å². The summed E-state index contributed by atoms with van der Waals surface area (Å²) in [7, 11) is 1.71. The molecule has 0 bridgehead atoms. The van der Waals surface area contributed by atoms with Crippen LogP contribution in [-0.2, 0) is 16.7 Å². The van der Waals surface area contributed by atoms with Gasteiger partial charge in [-0.25, -0.2) is 0 Å². The first kappa shape index (κ1) is 15.9. The number of aromatic nitrogens is 3. The van der Waals surface area contributed by atoms with Crippen molar-refractivity contribution in [1.82, 2.24) is 14.8 Å². The molecule has 0 aliphatic heterocycles. The van der Waals surface area contributed by atoms with Crippen molar-refractivity contribution >= 4 is 12.2 Å². The lowest BCUT2D eigenvalue weighted by Crippen LogP contribution is -2.10. The van der Waals surface area contributed by atoms with Crippen LogP contribution in [-0.4, -0.2) is 28.5 Å². The third-order valence-corrected chi connectivity index (χ3v) is 3.81. The highest BCUT2D eigenvalue weighted by Crippen LogP contribution is 2.25. The van der Waals surface area contributed by atoms with Crippen LogP contribution in [0, 0.1) is 4.77 Å². The monoisotopic (exact) mass is 305 g/mol. The molecule has 21 heavy (non-hydrogen) atoms. The Kier molecular flexibility index (Phi) is 4.96. The lowest BCUT2D eigenvalue weighted by Gasteiger charge is -2.19. The van der Waals surface area contributed by atoms with Crippen molar-refractivity contribution in [3.05, 3.63) is 34.6 Å². The van der Waals surface area contributed by atoms with E-state index in [-0.39, 0.29) is 5.41 Å². The van der Waals surface area contributed by atoms with Gasteiger partial charge in [-0.05, 0) is 29.6 Å². The molecular weight excluding hydrogens is 282 g/mol. The SMILES string of the molecule is COCCCn1c(-c2ccc(C(C)(C)C)cc2)n[nH]c1=S. The summed E-state index contributed by atoms with van der Waals surface area (Å²) in [5, 5.41) is 7.24. The van der Waals surface area contributed by atoms with E-state index in [1.807, 2.05) is 4.57 Å². The molecule has 2 rings (SSSR count). The van der Waals surface area contributed by atoms with Crippen LogP contribution in [0.2, 0.25) is 0 Å². The Bertz CT molecular complexity index is 635. The molecule has 1 heterocycles. The molecule has 0 fully saturated rings. The third-order valence-electron chi connectivity index (χ3n) is 3.50. The Labute approximate surface area is 131 Å². The second-order valence-electron chi connectivity index (χ2n) is 6.18. The summed E-state index contributed by atoms with van der Waals surface area (Å²) in [6, 6.07) is 8.54. The number of nitrogens with zero attached hydrogens (tertiary/aromatic N) is 2. The zero-order chi connectivity index (χ0) is 15.5. The molecule has 5 heteroatoms. The van der Waals surface area contributed by atoms with Gasteiger partial charge in [-0.15, -0.1) is 0 Å². The molecule has 0 saturated carbocycles. The summed E-state index contributed by atoms with van der Waals surface area (Å²) < 4.78 is 7.78. The maximum Gasteiger partial charge on any atom is 0.195 e. The van der Waals surface area contributed by atoms with Gasteiger partial charge in [-0.3, -0.25) is 5.10 Å². The van der Waals surface area contributed by atoms with Crippen molar-refractivity contribution in [2.24, 2.45) is 0 Å². The van der Waals surface area contributed by atoms with Crippen LogP contribution in [0.15, 0.2) is 24.3 Å². The number of hydrogen-bond acceptors (Lipinski definition) is 3. The van der Waals surface area contributed by atoms with Gasteiger partial charge in [0.2, 0.25) is 0 Å². The first-order chi connectivity index (χ1) is 9.93. The molecule has 4 nitrogen and oxygen atoms in total. The molecule has 1 N–H and O–H groups in total. The van der Waals surface area contributed by atoms with E-state index in [1.165, 1.54) is 5.56 Å². The minimum absolute atomic E-state index is 0.154. The van der Waals surface area contributed by atoms with Gasteiger partial charge in [-0.2, -0.15) is 5.10 Å². The highest BCUT2D eigenvalue weighted by molar-refractivity contribution is 7.71. The molecule has 0 aliphatic rings. The van der Waals surface area contributed by atoms with Gasteiger partial charge >= 0.3 is 0 Å². The van der Waals surface area contributed by atoms with Crippen LogP contribution in [0.1, 0.15) is 32.8 Å². The number of hydrogen-bond donors (Lipinski definition) is 1. The molecular formula is C16H23N3OS. The number of benzene rings is 1. The number of methoxy groups -OCH3 is 1. The van der Waals surface area contributed by atoms with Crippen molar-refractivity contribution in [2.75, 3.05) is 13.7 Å². The highest BCUT2D eigenvalue weighted by Gasteiger charge is 2.14. The van der Waals surface area contributed by atoms with Gasteiger partial charge in [-0.1, -0.05) is 45.0 Å². The Balaban J connectivity index is 2.28. The summed E-state index contributed by atoms with van der Waals surface area (Å²) >= 11 is 5.31. The molecule has 0 saturated heterocycles. The maximum atomic E-state index is 5.31. The normalized spacial score (nSPS) is 11.8. The lowest BCUT2D eigenvalue weighted by molar-refractivity contribution is 0.190. The van der Waals surface area contributed by atoms with E-state index in [9.17, 15) is 0 Å². The number of nitrogens with one attached hydrogen (secondary N) is 1. The van der Waals surface area contributed by atoms with Crippen LogP contribution < -0.4 is 0 Å². The minimum atomic E-state index is 0.154. The number of H-pyrrole nitrogens is 1. The van der Waals surface area contributed by atoms with Crippen LogP contribution in [0.4, 0.5) is 0 Å². The molecule has 1 aromatic heterocycles. The molecule has 0 atom stereocenters. The van der Waals surface area contributed by atoms with Crippen molar-refractivity contribution < 1.29 is 4.74 Å². The number of aromatic amines is 1. The molecule has 1 aromatic carbocycles. The summed E-state index contributed by atoms with van der Waals surface area (Å²) in [6.45, 7) is 8.16. The molecule has 0 amide bonds. The zero-order valence-electron chi connectivity index (χ0n) is 13.1. The lowest BCUT2D eigenvalue weighted by atomic mass is 9.87. The standard InChI is InChI=1S/C16H23N3OS/c1-16(2,3)13-8-6-12(7-9-13)14-17-18-15(21)19(14)10-5-11-20-4/h6-9H,5,10-11H2,1-4H3,(H,18,21). The summed E-state index contributed by atoms with van der Waals surface area (Å²) in [4.78, 5) is 0. The molecule has 114 valence electrons. The van der Waals surface area contributed by atoms with Gasteiger partial charge in [0.15, 0.2) is 10.6 Å². The molecule has 0 unspecified atom stereocenters. The molecule has 0 radical (unpaired) electrons. The van der Waals surface area contributed by atoms with Gasteiger partial charge in [0.05, 0.1) is 0 Å². The fourth-order valence-electron chi connectivity index (χ4n) is 2.23. The zero-order valence-corrected chi connectivity index (χ0v) is 14.0. The fraction of sp³-hybridized carbons (Fsp3) is 0.500. The van der Waals surface area contributed by atoms with Crippen LogP contribution in [0.25, 0.3) is 11.4 Å². The van der Waals surface area contributed by atoms with E-state index in [0.717, 1.165) is 31.0 Å². The van der Waals surface area contributed by atoms with E-state index >= 15 is 0 Å². The predicted octanol–water partition coefficient (Wildman–Crippen LogP) is 3.94. The summed E-state index contributed by atoms with van der Waals surface area (Å²) in [5.74, 6) is 0.886. The second kappa shape index (κ2) is 6.54. The highest BCUT2D eigenvalue weighted by atomic mass is 32.1. The Morgan fingerprint density at radius 1 is 1.24 bits per heavy atom. The summed E-state index contributed by atoms with van der Waals surface area (Å²) in [5.41, 5.74) is 2.54. The minimum Gasteiger partial charge on any atom is -0.385 e. The number of ether oxygens (including phenoxy) is 1. The van der Waals surface area contributed by atoms with Gasteiger partial charge in [0.1, 0.15) is 0 Å². The van der Waals surface area contributed by atoms with E-state index in [4.69, 9.17) is 17.0 Å². The van der Waals surface area contributed by atoms with Gasteiger partial charge in [0, 0.05) is 25.8 Å². The van der Waals surface area contributed by atoms with Crippen molar-refractivity contribution in [3.63, 3.8) is 0 Å². The molecule has 2 aromatic rings. The largest absolute Gasteiger partial charge is 0.385 e. The maximum absolute atomic E-state index is 5.31. The Morgan fingerprint density at radius 2 is 1.90 bits per heavy atom. The first-order valence-electron chi connectivity index (χ1n) is 7.18. The van der Waals surface area contributed by atoms with Crippen LogP contribution >= 0.6 is 12.2 Å². The Morgan fingerprint density at radius 3 is 2.48 bits per heavy atom. The van der Waals surface area contributed by atoms with Crippen molar-refractivity contribution in [3.8, 4) is 11.4 Å². The van der Waals surface area contributed by atoms with Crippen molar-refractivity contribution in [2.45, 2.75) is 39.2 Å². The molecule has 0 spiro atoms. The topological polar surface area (TPSA) is 42.8 Å². The number of rotatable bonds is 5. The predicted molar refractivity (Wildman–Crippen MR) is 88.0 cm³/mol. The van der Waals surface area contributed by atoms with Crippen LogP contribution in [0.3, 0.4) is 0 Å². The second-order valence-corrected chi connectivity index (χ2v) is 6.56. The van der Waals surface area contributed by atoms with Gasteiger partial charge < -0.3 is 9.30 Å². The van der Waals surface area contributed by atoms with E-state index in [1.54, 1.807) is 7.11 Å². The average molecular weight is 305 g/mol. The van der Waals surface area contributed by atoms with E-state index in [0.29, 0.717) is 4.77 Å². The van der Waals surface area contributed by atoms with Gasteiger partial charge in [0.25, 0.3) is 0 Å². The van der Waals surface area contributed by atoms with Crippen LogP contribution in [0.5, 0.6) is 0 Å². The quantitative estimate of drug-likeness (QED) is 0.672. The average Bonchev–Trinajstić information content (AvgIpc) is 2.80. The fourth-order valence-corrected chi connectivity index (χ4v) is 2.46. The first-order valence-corrected chi connectivity index (χ1v) is 7.59. The Hall–Kier alpha value is -1.46. The van der Waals surface area contributed by atoms with E-state index < -0.39 is 0 Å². The summed E-state index contributed by atoms with van der Waals surface area (Å²) in [6.07, 6.45) is 0.914. The molecule has 0 aliphatic carbocycles.